The molecule has 7 nitrogen and oxygen atoms in total. The van der Waals surface area contributed by atoms with Crippen molar-refractivity contribution in [1.82, 2.24) is 9.97 Å². The zero-order chi connectivity index (χ0) is 17.2. The molecule has 3 rings (SSSR count). The van der Waals surface area contributed by atoms with Gasteiger partial charge in [-0.2, -0.15) is 8.42 Å². The summed E-state index contributed by atoms with van der Waals surface area (Å²) < 4.78 is 36.5. The van der Waals surface area contributed by atoms with Crippen molar-refractivity contribution in [3.05, 3.63) is 30.3 Å². The molecule has 0 atom stereocenters. The van der Waals surface area contributed by atoms with Crippen molar-refractivity contribution in [3.63, 3.8) is 0 Å². The van der Waals surface area contributed by atoms with Crippen LogP contribution in [0.15, 0.2) is 35.2 Å². The lowest BCUT2D eigenvalue weighted by molar-refractivity contribution is 0.412. The van der Waals surface area contributed by atoms with E-state index in [1.54, 1.807) is 0 Å². The number of hydrogen-bond donors (Lipinski definition) is 2. The number of methoxy groups -OCH3 is 1. The van der Waals surface area contributed by atoms with Crippen molar-refractivity contribution in [1.29, 1.82) is 0 Å². The van der Waals surface area contributed by atoms with Crippen LogP contribution in [0.1, 0.15) is 13.8 Å². The lowest BCUT2D eigenvalue weighted by atomic mass is 10.2. The summed E-state index contributed by atoms with van der Waals surface area (Å²) in [5.74, 6) is 0.317. The van der Waals surface area contributed by atoms with Gasteiger partial charge in [0, 0.05) is 12.1 Å². The monoisotopic (exact) mass is 336 g/mol. The summed E-state index contributed by atoms with van der Waals surface area (Å²) in [5, 5.41) is 9.61. The van der Waals surface area contributed by atoms with E-state index in [0.29, 0.717) is 22.3 Å². The van der Waals surface area contributed by atoms with Crippen LogP contribution in [0.4, 0.5) is 0 Å². The Morgan fingerprint density at radius 2 is 1.70 bits per heavy atom. The van der Waals surface area contributed by atoms with Crippen molar-refractivity contribution in [2.45, 2.75) is 18.7 Å². The van der Waals surface area contributed by atoms with E-state index >= 15 is 0 Å². The normalized spacial score (nSPS) is 11.1. The first kappa shape index (κ1) is 16.9. The zero-order valence-corrected chi connectivity index (χ0v) is 13.6. The lowest BCUT2D eigenvalue weighted by Crippen LogP contribution is -1.99. The molecule has 0 saturated carbocycles. The molecule has 1 aromatic heterocycles. The van der Waals surface area contributed by atoms with E-state index in [-0.39, 0.29) is 16.2 Å². The topological polar surface area (TPSA) is 110 Å². The average Bonchev–Trinajstić information content (AvgIpc) is 2.52. The van der Waals surface area contributed by atoms with Gasteiger partial charge in [0.2, 0.25) is 0 Å². The van der Waals surface area contributed by atoms with Gasteiger partial charge in [-0.15, -0.1) is 0 Å². The highest BCUT2D eigenvalue weighted by atomic mass is 32.2. The molecule has 0 aliphatic carbocycles. The number of nitrogens with zero attached hydrogens (tertiary/aromatic N) is 2. The standard InChI is InChI=1S/C13H10N2O5S.C2H6/c1-20-12-5-7(16)4-11-13(12)15-9-3-2-8(21(17,18)19)6-10(9)14-11;1-2/h2-6,16H,1H3,(H,17,18,19);1-2H3. The molecule has 122 valence electrons. The van der Waals surface area contributed by atoms with Crippen LogP contribution >= 0.6 is 0 Å². The van der Waals surface area contributed by atoms with Crippen molar-refractivity contribution in [3.8, 4) is 11.5 Å². The van der Waals surface area contributed by atoms with Crippen LogP contribution in [0, 0.1) is 0 Å². The van der Waals surface area contributed by atoms with Gasteiger partial charge < -0.3 is 9.84 Å². The number of fused-ring (bicyclic) bond motifs is 2. The largest absolute Gasteiger partial charge is 0.508 e. The molecular weight excluding hydrogens is 320 g/mol. The van der Waals surface area contributed by atoms with Gasteiger partial charge in [-0.05, 0) is 18.2 Å². The summed E-state index contributed by atoms with van der Waals surface area (Å²) in [6.07, 6.45) is 0. The van der Waals surface area contributed by atoms with Gasteiger partial charge in [-0.1, -0.05) is 13.8 Å². The number of ether oxygens (including phenoxy) is 1. The molecule has 0 aliphatic heterocycles. The third-order valence-electron chi connectivity index (χ3n) is 2.98. The van der Waals surface area contributed by atoms with Gasteiger partial charge in [-0.3, -0.25) is 4.55 Å². The Morgan fingerprint density at radius 1 is 1.00 bits per heavy atom. The average molecular weight is 336 g/mol. The smallest absolute Gasteiger partial charge is 0.294 e. The first-order chi connectivity index (χ1) is 10.9. The van der Waals surface area contributed by atoms with E-state index in [0.717, 1.165) is 0 Å². The van der Waals surface area contributed by atoms with Crippen molar-refractivity contribution in [2.24, 2.45) is 0 Å². The number of rotatable bonds is 2. The molecule has 23 heavy (non-hydrogen) atoms. The van der Waals surface area contributed by atoms with Gasteiger partial charge in [0.1, 0.15) is 17.0 Å². The molecule has 0 saturated heterocycles. The molecule has 0 spiro atoms. The Bertz CT molecular complexity index is 970. The number of aromatic nitrogens is 2. The molecule has 2 aromatic carbocycles. The molecule has 0 aliphatic rings. The minimum absolute atomic E-state index is 0.0427. The van der Waals surface area contributed by atoms with Gasteiger partial charge in [0.25, 0.3) is 10.1 Å². The second kappa shape index (κ2) is 6.35. The van der Waals surface area contributed by atoms with Crippen molar-refractivity contribution in [2.75, 3.05) is 7.11 Å². The van der Waals surface area contributed by atoms with E-state index in [9.17, 15) is 13.5 Å². The fourth-order valence-corrected chi connectivity index (χ4v) is 2.53. The van der Waals surface area contributed by atoms with Gasteiger partial charge in [0.15, 0.2) is 0 Å². The van der Waals surface area contributed by atoms with E-state index in [1.165, 1.54) is 37.4 Å². The number of hydrogen-bond acceptors (Lipinski definition) is 6. The predicted octanol–water partition coefficient (Wildman–Crippen LogP) is 2.77. The summed E-state index contributed by atoms with van der Waals surface area (Å²) in [5.41, 5.74) is 1.53. The molecule has 0 unspecified atom stereocenters. The second-order valence-electron chi connectivity index (χ2n) is 4.36. The fourth-order valence-electron chi connectivity index (χ4n) is 2.03. The van der Waals surface area contributed by atoms with Gasteiger partial charge in [0.05, 0.1) is 28.6 Å². The highest BCUT2D eigenvalue weighted by Gasteiger charge is 2.13. The van der Waals surface area contributed by atoms with Crippen LogP contribution in [-0.4, -0.2) is 35.2 Å². The van der Waals surface area contributed by atoms with Crippen molar-refractivity contribution < 1.29 is 22.8 Å². The van der Waals surface area contributed by atoms with Gasteiger partial charge in [-0.25, -0.2) is 9.97 Å². The third kappa shape index (κ3) is 3.33. The molecule has 0 bridgehead atoms. The summed E-state index contributed by atoms with van der Waals surface area (Å²) in [6.45, 7) is 4.00. The Balaban J connectivity index is 0.000000924. The minimum Gasteiger partial charge on any atom is -0.508 e. The summed E-state index contributed by atoms with van der Waals surface area (Å²) >= 11 is 0. The van der Waals surface area contributed by atoms with E-state index < -0.39 is 10.1 Å². The quantitative estimate of drug-likeness (QED) is 0.547. The maximum atomic E-state index is 11.1. The maximum absolute atomic E-state index is 11.1. The van der Waals surface area contributed by atoms with E-state index in [2.05, 4.69) is 9.97 Å². The highest BCUT2D eigenvalue weighted by molar-refractivity contribution is 7.85. The second-order valence-corrected chi connectivity index (χ2v) is 5.79. The predicted molar refractivity (Wildman–Crippen MR) is 86.4 cm³/mol. The van der Waals surface area contributed by atoms with Crippen LogP contribution in [0.5, 0.6) is 11.5 Å². The molecular formula is C15H16N2O5S. The van der Waals surface area contributed by atoms with Crippen LogP contribution in [0.3, 0.4) is 0 Å². The van der Waals surface area contributed by atoms with E-state index in [4.69, 9.17) is 9.29 Å². The molecule has 8 heteroatoms. The number of phenols is 1. The number of aromatic hydroxyl groups is 1. The van der Waals surface area contributed by atoms with Crippen molar-refractivity contribution >= 4 is 32.2 Å². The summed E-state index contributed by atoms with van der Waals surface area (Å²) in [4.78, 5) is 8.31. The van der Waals surface area contributed by atoms with Crippen LogP contribution in [0.25, 0.3) is 22.1 Å². The van der Waals surface area contributed by atoms with Gasteiger partial charge >= 0.3 is 0 Å². The fraction of sp³-hybridized carbons (Fsp3) is 0.200. The molecule has 3 aromatic rings. The summed E-state index contributed by atoms with van der Waals surface area (Å²) in [6, 6.07) is 6.70. The molecule has 0 fully saturated rings. The van der Waals surface area contributed by atoms with Crippen LogP contribution < -0.4 is 4.74 Å². The maximum Gasteiger partial charge on any atom is 0.294 e. The molecule has 0 radical (unpaired) electrons. The van der Waals surface area contributed by atoms with Crippen LogP contribution in [-0.2, 0) is 10.1 Å². The molecule has 2 N–H and O–H groups in total. The lowest BCUT2D eigenvalue weighted by Gasteiger charge is -2.07. The zero-order valence-electron chi connectivity index (χ0n) is 12.8. The number of benzene rings is 2. The molecule has 0 amide bonds. The number of phenolic OH excluding ortho intramolecular Hbond substituents is 1. The Morgan fingerprint density at radius 3 is 2.30 bits per heavy atom. The molecule has 1 heterocycles. The first-order valence-electron chi connectivity index (χ1n) is 6.84. The highest BCUT2D eigenvalue weighted by Crippen LogP contribution is 2.30. The van der Waals surface area contributed by atoms with E-state index in [1.807, 2.05) is 13.8 Å². The Kier molecular flexibility index (Phi) is 4.67. The summed E-state index contributed by atoms with van der Waals surface area (Å²) in [7, 11) is -2.86. The first-order valence-corrected chi connectivity index (χ1v) is 8.28. The Hall–Kier alpha value is -2.45. The minimum atomic E-state index is -4.31. The third-order valence-corrected chi connectivity index (χ3v) is 3.83. The Labute approximate surface area is 133 Å². The van der Waals surface area contributed by atoms with Crippen LogP contribution in [0.2, 0.25) is 0 Å². The SMILES string of the molecule is CC.COc1cc(O)cc2nc3cc(S(=O)(=O)O)ccc3nc12.